The number of hydrogen-bond acceptors (Lipinski definition) is 8. The van der Waals surface area contributed by atoms with E-state index in [1.807, 2.05) is 35.7 Å². The predicted octanol–water partition coefficient (Wildman–Crippen LogP) is 6.10. The van der Waals surface area contributed by atoms with Crippen LogP contribution in [0.5, 0.6) is 17.2 Å². The highest BCUT2D eigenvalue weighted by molar-refractivity contribution is 7.13. The molecule has 1 saturated heterocycles. The van der Waals surface area contributed by atoms with Crippen molar-refractivity contribution in [1.29, 1.82) is 0 Å². The lowest BCUT2D eigenvalue weighted by Gasteiger charge is -2.30. The van der Waals surface area contributed by atoms with E-state index in [-0.39, 0.29) is 11.8 Å². The van der Waals surface area contributed by atoms with Gasteiger partial charge in [0.15, 0.2) is 5.75 Å². The Balaban J connectivity index is 1.18. The van der Waals surface area contributed by atoms with Crippen molar-refractivity contribution in [3.63, 3.8) is 0 Å². The number of hydrogen-bond donors (Lipinski definition) is 1. The lowest BCUT2D eigenvalue weighted by atomic mass is 9.96. The second kappa shape index (κ2) is 11.1. The van der Waals surface area contributed by atoms with Crippen molar-refractivity contribution < 1.29 is 18.8 Å². The van der Waals surface area contributed by atoms with Crippen LogP contribution in [-0.4, -0.2) is 41.1 Å². The molecule has 2 aromatic heterocycles. The molecule has 0 unspecified atom stereocenters. The second-order valence-corrected chi connectivity index (χ2v) is 9.83. The van der Waals surface area contributed by atoms with Gasteiger partial charge in [-0.2, -0.15) is 4.98 Å². The maximum absolute atomic E-state index is 13.1. The van der Waals surface area contributed by atoms with Crippen molar-refractivity contribution in [2.45, 2.75) is 19.4 Å². The van der Waals surface area contributed by atoms with Gasteiger partial charge in [0.25, 0.3) is 0 Å². The number of ether oxygens (including phenoxy) is 2. The molecule has 2 aromatic carbocycles. The van der Waals surface area contributed by atoms with Crippen LogP contribution in [0.4, 0.5) is 5.69 Å². The summed E-state index contributed by atoms with van der Waals surface area (Å²) in [6.07, 6.45) is 1.45. The van der Waals surface area contributed by atoms with Crippen LogP contribution in [0.3, 0.4) is 0 Å². The molecule has 10 heteroatoms. The van der Waals surface area contributed by atoms with E-state index in [0.29, 0.717) is 46.2 Å². The number of nitrogens with zero attached hydrogens (tertiary/aromatic N) is 3. The van der Waals surface area contributed by atoms with Crippen molar-refractivity contribution >= 4 is 34.5 Å². The van der Waals surface area contributed by atoms with Gasteiger partial charge in [0.2, 0.25) is 17.6 Å². The highest BCUT2D eigenvalue weighted by Gasteiger charge is 2.27. The molecule has 5 rings (SSSR count). The topological polar surface area (TPSA) is 89.7 Å². The summed E-state index contributed by atoms with van der Waals surface area (Å²) < 4.78 is 16.7. The Hall–Kier alpha value is -3.40. The zero-order chi connectivity index (χ0) is 24.9. The SMILES string of the molecule is COc1cccc(Oc2ccc(Cl)cc2NC(=O)C2CCN(Cc3nc(-c4cccs4)no3)CC2)c1. The number of benzene rings is 2. The van der Waals surface area contributed by atoms with Crippen LogP contribution in [0, 0.1) is 5.92 Å². The van der Waals surface area contributed by atoms with E-state index in [2.05, 4.69) is 20.4 Å². The van der Waals surface area contributed by atoms with Crippen LogP contribution in [0.15, 0.2) is 64.5 Å². The third-order valence-corrected chi connectivity index (χ3v) is 7.10. The van der Waals surface area contributed by atoms with E-state index in [9.17, 15) is 4.79 Å². The van der Waals surface area contributed by atoms with Crippen LogP contribution < -0.4 is 14.8 Å². The Morgan fingerprint density at radius 3 is 2.78 bits per heavy atom. The fourth-order valence-corrected chi connectivity index (χ4v) is 4.91. The zero-order valence-corrected chi connectivity index (χ0v) is 21.2. The molecule has 186 valence electrons. The number of nitrogens with one attached hydrogen (secondary N) is 1. The average Bonchev–Trinajstić information content (AvgIpc) is 3.59. The minimum Gasteiger partial charge on any atom is -0.497 e. The van der Waals surface area contributed by atoms with Crippen molar-refractivity contribution in [2.24, 2.45) is 5.92 Å². The van der Waals surface area contributed by atoms with Gasteiger partial charge in [0, 0.05) is 17.0 Å². The Morgan fingerprint density at radius 1 is 1.17 bits per heavy atom. The summed E-state index contributed by atoms with van der Waals surface area (Å²) in [6.45, 7) is 2.09. The normalized spacial score (nSPS) is 14.5. The Kier molecular flexibility index (Phi) is 7.50. The summed E-state index contributed by atoms with van der Waals surface area (Å²) in [5.41, 5.74) is 0.532. The van der Waals surface area contributed by atoms with E-state index >= 15 is 0 Å². The van der Waals surface area contributed by atoms with E-state index in [0.717, 1.165) is 30.8 Å². The molecule has 0 bridgehead atoms. The van der Waals surface area contributed by atoms with Crippen LogP contribution >= 0.6 is 22.9 Å². The van der Waals surface area contributed by atoms with Gasteiger partial charge in [-0.3, -0.25) is 9.69 Å². The first-order valence-corrected chi connectivity index (χ1v) is 12.8. The van der Waals surface area contributed by atoms with Gasteiger partial charge in [-0.25, -0.2) is 0 Å². The quantitative estimate of drug-likeness (QED) is 0.297. The minimum atomic E-state index is -0.116. The number of methoxy groups -OCH3 is 1. The van der Waals surface area contributed by atoms with Gasteiger partial charge in [-0.05, 0) is 67.7 Å². The molecule has 36 heavy (non-hydrogen) atoms. The first-order chi connectivity index (χ1) is 17.6. The van der Waals surface area contributed by atoms with Gasteiger partial charge in [0.05, 0.1) is 24.2 Å². The largest absolute Gasteiger partial charge is 0.497 e. The first kappa shape index (κ1) is 24.3. The fraction of sp³-hybridized carbons (Fsp3) is 0.269. The third-order valence-electron chi connectivity index (χ3n) is 6.00. The van der Waals surface area contributed by atoms with Crippen LogP contribution in [-0.2, 0) is 11.3 Å². The van der Waals surface area contributed by atoms with E-state index < -0.39 is 0 Å². The average molecular weight is 525 g/mol. The number of carbonyl (C=O) groups is 1. The zero-order valence-electron chi connectivity index (χ0n) is 19.6. The van der Waals surface area contributed by atoms with Crippen LogP contribution in [0.2, 0.25) is 5.02 Å². The van der Waals surface area contributed by atoms with Gasteiger partial charge < -0.3 is 19.3 Å². The Morgan fingerprint density at radius 2 is 2.00 bits per heavy atom. The van der Waals surface area contributed by atoms with Crippen LogP contribution in [0.25, 0.3) is 10.7 Å². The molecule has 1 aliphatic rings. The van der Waals surface area contributed by atoms with Crippen molar-refractivity contribution in [2.75, 3.05) is 25.5 Å². The van der Waals surface area contributed by atoms with E-state index in [1.54, 1.807) is 42.7 Å². The van der Waals surface area contributed by atoms with Crippen molar-refractivity contribution in [3.8, 4) is 28.0 Å². The molecule has 8 nitrogen and oxygen atoms in total. The molecular formula is C26H25ClN4O4S. The van der Waals surface area contributed by atoms with Gasteiger partial charge in [0.1, 0.15) is 11.5 Å². The number of halogens is 1. The number of aromatic nitrogens is 2. The molecule has 0 spiro atoms. The molecule has 0 atom stereocenters. The highest BCUT2D eigenvalue weighted by atomic mass is 35.5. The smallest absolute Gasteiger partial charge is 0.241 e. The summed E-state index contributed by atoms with van der Waals surface area (Å²) in [5, 5.41) is 9.59. The second-order valence-electron chi connectivity index (χ2n) is 8.45. The van der Waals surface area contributed by atoms with Crippen LogP contribution in [0.1, 0.15) is 18.7 Å². The molecule has 0 saturated carbocycles. The van der Waals surface area contributed by atoms with Gasteiger partial charge in [-0.1, -0.05) is 28.9 Å². The summed E-state index contributed by atoms with van der Waals surface area (Å²) in [6, 6.07) is 16.4. The first-order valence-electron chi connectivity index (χ1n) is 11.6. The number of thiophene rings is 1. The molecule has 0 aliphatic carbocycles. The molecule has 4 aromatic rings. The Labute approximate surface area is 217 Å². The fourth-order valence-electron chi connectivity index (χ4n) is 4.08. The summed E-state index contributed by atoms with van der Waals surface area (Å²) in [5.74, 6) is 2.82. The maximum atomic E-state index is 13.1. The molecule has 1 N–H and O–H groups in total. The number of likely N-dealkylation sites (tertiary alicyclic amines) is 1. The van der Waals surface area contributed by atoms with Crippen molar-refractivity contribution in [3.05, 3.63) is 70.9 Å². The monoisotopic (exact) mass is 524 g/mol. The highest BCUT2D eigenvalue weighted by Crippen LogP contribution is 2.34. The number of amides is 1. The standard InChI is InChI=1S/C26H25ClN4O4S/c1-33-19-4-2-5-20(15-19)34-22-8-7-18(27)14-21(22)28-26(32)17-9-11-31(12-10-17)16-24-29-25(30-35-24)23-6-3-13-36-23/h2-8,13-15,17H,9-12,16H2,1H3,(H,28,32). The minimum absolute atomic E-state index is 0.0508. The molecule has 1 aliphatic heterocycles. The molecule has 1 fully saturated rings. The number of rotatable bonds is 8. The summed E-state index contributed by atoms with van der Waals surface area (Å²) >= 11 is 7.79. The maximum Gasteiger partial charge on any atom is 0.241 e. The number of anilines is 1. The number of carbonyl (C=O) groups excluding carboxylic acids is 1. The lowest BCUT2D eigenvalue weighted by Crippen LogP contribution is -2.37. The van der Waals surface area contributed by atoms with Gasteiger partial charge >= 0.3 is 0 Å². The predicted molar refractivity (Wildman–Crippen MR) is 139 cm³/mol. The third kappa shape index (κ3) is 5.87. The van der Waals surface area contributed by atoms with E-state index in [1.165, 1.54) is 0 Å². The molecular weight excluding hydrogens is 500 g/mol. The lowest BCUT2D eigenvalue weighted by molar-refractivity contribution is -0.121. The summed E-state index contributed by atoms with van der Waals surface area (Å²) in [4.78, 5) is 20.8. The summed E-state index contributed by atoms with van der Waals surface area (Å²) in [7, 11) is 1.60. The Bertz CT molecular complexity index is 1320. The van der Waals surface area contributed by atoms with Gasteiger partial charge in [-0.15, -0.1) is 11.3 Å². The van der Waals surface area contributed by atoms with E-state index in [4.69, 9.17) is 25.6 Å². The molecule has 0 radical (unpaired) electrons. The van der Waals surface area contributed by atoms with Crippen molar-refractivity contribution in [1.82, 2.24) is 15.0 Å². The molecule has 3 heterocycles. The number of piperidine rings is 1. The molecule has 1 amide bonds.